The van der Waals surface area contributed by atoms with E-state index >= 15 is 0 Å². The molecule has 0 saturated carbocycles. The summed E-state index contributed by atoms with van der Waals surface area (Å²) in [6.07, 6.45) is 0. The molecule has 0 bridgehead atoms. The molecule has 4 aromatic rings. The van der Waals surface area contributed by atoms with Gasteiger partial charge in [-0.05, 0) is 48.9 Å². The van der Waals surface area contributed by atoms with Crippen molar-refractivity contribution in [3.63, 3.8) is 0 Å². The lowest BCUT2D eigenvalue weighted by Gasteiger charge is -2.12. The van der Waals surface area contributed by atoms with E-state index in [-0.39, 0.29) is 5.56 Å². The molecule has 140 valence electrons. The predicted octanol–water partition coefficient (Wildman–Crippen LogP) is 3.97. The van der Waals surface area contributed by atoms with Gasteiger partial charge in [-0.1, -0.05) is 42.5 Å². The predicted molar refractivity (Wildman–Crippen MR) is 114 cm³/mol. The van der Waals surface area contributed by atoms with Gasteiger partial charge in [0.15, 0.2) is 0 Å². The fraction of sp³-hybridized carbons (Fsp3) is 0.0909. The lowest BCUT2D eigenvalue weighted by molar-refractivity contribution is 0.686. The molecule has 0 spiro atoms. The van der Waals surface area contributed by atoms with E-state index in [2.05, 4.69) is 9.71 Å². The number of hydrogen-bond acceptors (Lipinski definition) is 3. The van der Waals surface area contributed by atoms with Crippen LogP contribution in [0.1, 0.15) is 11.4 Å². The second-order valence-electron chi connectivity index (χ2n) is 6.44. The number of nitrogens with zero attached hydrogens (tertiary/aromatic N) is 2. The normalized spacial score (nSPS) is 12.0. The van der Waals surface area contributed by atoms with Gasteiger partial charge in [0, 0.05) is 5.69 Å². The third-order valence-electron chi connectivity index (χ3n) is 4.44. The molecule has 4 rings (SSSR count). The number of nitrogens with one attached hydrogen (secondary N) is 1. The third kappa shape index (κ3) is 3.73. The smallest absolute Gasteiger partial charge is 0.265 e. The monoisotopic (exact) mass is 389 g/mol. The molecule has 5 nitrogen and oxygen atoms in total. The topological polar surface area (TPSA) is 64.0 Å². The first-order chi connectivity index (χ1) is 13.6. The van der Waals surface area contributed by atoms with E-state index in [4.69, 9.17) is 0 Å². The summed E-state index contributed by atoms with van der Waals surface area (Å²) in [4.78, 5) is 17.4. The maximum Gasteiger partial charge on any atom is 0.265 e. The highest BCUT2D eigenvalue weighted by Gasteiger charge is 2.10. The molecule has 0 aliphatic rings. The number of fused-ring (bicyclic) bond motifs is 1. The highest BCUT2D eigenvalue weighted by Crippen LogP contribution is 2.16. The maximum atomic E-state index is 12.9. The average Bonchev–Trinajstić information content (AvgIpc) is 2.70. The van der Waals surface area contributed by atoms with Crippen LogP contribution in [0.15, 0.2) is 83.7 Å². The summed E-state index contributed by atoms with van der Waals surface area (Å²) in [5.74, 6) is 1.05. The molecule has 1 atom stereocenters. The summed E-state index contributed by atoms with van der Waals surface area (Å²) >= 11 is 0. The summed E-state index contributed by atoms with van der Waals surface area (Å²) in [5.41, 5.74) is 3.05. The van der Waals surface area contributed by atoms with E-state index in [1.54, 1.807) is 10.6 Å². The van der Waals surface area contributed by atoms with Crippen LogP contribution < -0.4 is 10.3 Å². The minimum Gasteiger partial charge on any atom is -0.305 e. The van der Waals surface area contributed by atoms with Crippen molar-refractivity contribution in [2.75, 3.05) is 4.72 Å². The SMILES string of the molecule is Cc1nc2ccccc2c(=O)n1-c1ccc(NS(=O)Cc2ccccc2)cc1. The molecule has 1 N–H and O–H groups in total. The van der Waals surface area contributed by atoms with Crippen molar-refractivity contribution in [3.8, 4) is 5.69 Å². The minimum atomic E-state index is -1.23. The zero-order chi connectivity index (χ0) is 19.5. The van der Waals surface area contributed by atoms with E-state index < -0.39 is 11.0 Å². The molecule has 1 unspecified atom stereocenters. The van der Waals surface area contributed by atoms with Crippen LogP contribution in [0.2, 0.25) is 0 Å². The number of hydrogen-bond donors (Lipinski definition) is 1. The van der Waals surface area contributed by atoms with Gasteiger partial charge in [0.05, 0.1) is 22.3 Å². The molecule has 0 saturated heterocycles. The van der Waals surface area contributed by atoms with E-state index in [1.807, 2.05) is 79.7 Å². The molecule has 0 aliphatic carbocycles. The zero-order valence-corrected chi connectivity index (χ0v) is 16.1. The van der Waals surface area contributed by atoms with Gasteiger partial charge in [-0.25, -0.2) is 9.19 Å². The van der Waals surface area contributed by atoms with Crippen LogP contribution in [0, 0.1) is 6.92 Å². The Kier molecular flexibility index (Phi) is 5.04. The third-order valence-corrected chi connectivity index (χ3v) is 5.50. The fourth-order valence-electron chi connectivity index (χ4n) is 3.12. The number of rotatable bonds is 5. The molecule has 0 fully saturated rings. The maximum absolute atomic E-state index is 12.9. The van der Waals surface area contributed by atoms with Gasteiger partial charge in [0.2, 0.25) is 0 Å². The van der Waals surface area contributed by atoms with Crippen LogP contribution in [-0.4, -0.2) is 13.8 Å². The fourth-order valence-corrected chi connectivity index (χ4v) is 4.09. The van der Waals surface area contributed by atoms with Crippen LogP contribution >= 0.6 is 0 Å². The van der Waals surface area contributed by atoms with Crippen molar-refractivity contribution >= 4 is 27.6 Å². The second-order valence-corrected chi connectivity index (χ2v) is 7.62. The Morgan fingerprint density at radius 1 is 0.929 bits per heavy atom. The number of benzene rings is 3. The summed E-state index contributed by atoms with van der Waals surface area (Å²) in [7, 11) is -1.23. The minimum absolute atomic E-state index is 0.100. The molecule has 1 heterocycles. The van der Waals surface area contributed by atoms with Gasteiger partial charge < -0.3 is 4.72 Å². The molecule has 0 amide bonds. The van der Waals surface area contributed by atoms with Gasteiger partial charge >= 0.3 is 0 Å². The Balaban J connectivity index is 1.58. The first-order valence-corrected chi connectivity index (χ1v) is 10.2. The second kappa shape index (κ2) is 7.78. The van der Waals surface area contributed by atoms with Crippen LogP contribution in [0.5, 0.6) is 0 Å². The molecule has 28 heavy (non-hydrogen) atoms. The van der Waals surface area contributed by atoms with Crippen LogP contribution in [0.25, 0.3) is 16.6 Å². The van der Waals surface area contributed by atoms with Crippen LogP contribution in [-0.2, 0) is 16.7 Å². The van der Waals surface area contributed by atoms with Gasteiger partial charge in [0.1, 0.15) is 16.8 Å². The zero-order valence-electron chi connectivity index (χ0n) is 15.3. The van der Waals surface area contributed by atoms with Gasteiger partial charge in [-0.3, -0.25) is 9.36 Å². The van der Waals surface area contributed by atoms with E-state index in [0.717, 1.165) is 16.9 Å². The van der Waals surface area contributed by atoms with Crippen LogP contribution in [0.3, 0.4) is 0 Å². The van der Waals surface area contributed by atoms with Crippen molar-refractivity contribution in [1.82, 2.24) is 9.55 Å². The molecule has 1 aromatic heterocycles. The lowest BCUT2D eigenvalue weighted by atomic mass is 10.2. The lowest BCUT2D eigenvalue weighted by Crippen LogP contribution is -2.22. The summed E-state index contributed by atoms with van der Waals surface area (Å²) in [5, 5.41) is 0.583. The Bertz CT molecular complexity index is 1200. The van der Waals surface area contributed by atoms with Crippen molar-refractivity contribution in [2.45, 2.75) is 12.7 Å². The number of aromatic nitrogens is 2. The Morgan fingerprint density at radius 3 is 2.36 bits per heavy atom. The Morgan fingerprint density at radius 2 is 1.61 bits per heavy atom. The Hall–Kier alpha value is -3.25. The van der Waals surface area contributed by atoms with Crippen molar-refractivity contribution in [1.29, 1.82) is 0 Å². The van der Waals surface area contributed by atoms with E-state index in [0.29, 0.717) is 22.5 Å². The van der Waals surface area contributed by atoms with Gasteiger partial charge in [-0.15, -0.1) is 0 Å². The van der Waals surface area contributed by atoms with Crippen molar-refractivity contribution in [3.05, 3.63) is 101 Å². The van der Waals surface area contributed by atoms with Crippen molar-refractivity contribution in [2.24, 2.45) is 0 Å². The highest BCUT2D eigenvalue weighted by atomic mass is 32.2. The summed E-state index contributed by atoms with van der Waals surface area (Å²) < 4.78 is 16.9. The first-order valence-electron chi connectivity index (χ1n) is 8.89. The Labute approximate surface area is 165 Å². The van der Waals surface area contributed by atoms with E-state index in [1.165, 1.54) is 0 Å². The molecular weight excluding hydrogens is 370 g/mol. The first kappa shape index (κ1) is 18.1. The van der Waals surface area contributed by atoms with Crippen LogP contribution in [0.4, 0.5) is 5.69 Å². The molecule has 0 aliphatic heterocycles. The molecule has 3 aromatic carbocycles. The average molecular weight is 389 g/mol. The largest absolute Gasteiger partial charge is 0.305 e. The summed E-state index contributed by atoms with van der Waals surface area (Å²) in [6, 6.07) is 24.3. The molecule has 0 radical (unpaired) electrons. The van der Waals surface area contributed by atoms with Crippen molar-refractivity contribution < 1.29 is 4.21 Å². The van der Waals surface area contributed by atoms with Gasteiger partial charge in [0.25, 0.3) is 5.56 Å². The number of para-hydroxylation sites is 1. The standard InChI is InChI=1S/C22H19N3O2S/c1-16-23-21-10-6-5-9-20(21)22(26)25(16)19-13-11-18(12-14-19)24-28(27)15-17-7-3-2-4-8-17/h2-14,24H,15H2,1H3. The highest BCUT2D eigenvalue weighted by molar-refractivity contribution is 7.85. The summed E-state index contributed by atoms with van der Waals surface area (Å²) in [6.45, 7) is 1.81. The number of anilines is 1. The molecule has 6 heteroatoms. The van der Waals surface area contributed by atoms with Gasteiger partial charge in [-0.2, -0.15) is 0 Å². The quantitative estimate of drug-likeness (QED) is 0.562. The molecular formula is C22H19N3O2S. The van der Waals surface area contributed by atoms with E-state index in [9.17, 15) is 9.00 Å². The number of aryl methyl sites for hydroxylation is 1.